The number of amides is 2. The molecule has 2 amide bonds. The number of carbonyl (C=O) groups excluding carboxylic acids is 2. The van der Waals surface area contributed by atoms with Crippen molar-refractivity contribution in [1.29, 1.82) is 0 Å². The molecule has 1 saturated heterocycles. The molecule has 154 valence electrons. The summed E-state index contributed by atoms with van der Waals surface area (Å²) in [6.45, 7) is 2.17. The average molecular weight is 426 g/mol. The summed E-state index contributed by atoms with van der Waals surface area (Å²) in [7, 11) is 0. The molecular formula is C22H20ClN3O4. The molecule has 0 bridgehead atoms. The Balaban J connectivity index is 1.34. The molecule has 0 aliphatic carbocycles. The Hall–Kier alpha value is -3.16. The van der Waals surface area contributed by atoms with Crippen LogP contribution in [0.4, 0.5) is 5.69 Å². The Bertz CT molecular complexity index is 1140. The maximum Gasteiger partial charge on any atom is 0.349 e. The molecule has 1 aromatic heterocycles. The summed E-state index contributed by atoms with van der Waals surface area (Å²) in [5.41, 5.74) is 0.530. The van der Waals surface area contributed by atoms with Crippen LogP contribution in [0.2, 0.25) is 5.02 Å². The average Bonchev–Trinajstić information content (AvgIpc) is 2.75. The van der Waals surface area contributed by atoms with Gasteiger partial charge in [-0.1, -0.05) is 29.8 Å². The van der Waals surface area contributed by atoms with Crippen LogP contribution in [0, 0.1) is 0 Å². The van der Waals surface area contributed by atoms with Gasteiger partial charge in [0.25, 0.3) is 5.91 Å². The number of halogens is 1. The van der Waals surface area contributed by atoms with E-state index >= 15 is 0 Å². The Kier molecular flexibility index (Phi) is 5.83. The molecule has 1 fully saturated rings. The molecule has 8 heteroatoms. The maximum atomic E-state index is 12.8. The number of piperazine rings is 1. The van der Waals surface area contributed by atoms with Crippen LogP contribution < -0.4 is 10.9 Å². The topological polar surface area (TPSA) is 82.9 Å². The molecule has 3 aromatic rings. The van der Waals surface area contributed by atoms with Gasteiger partial charge in [0.05, 0.1) is 6.54 Å². The largest absolute Gasteiger partial charge is 0.422 e. The molecule has 0 spiro atoms. The second kappa shape index (κ2) is 8.69. The molecule has 0 unspecified atom stereocenters. The van der Waals surface area contributed by atoms with Crippen molar-refractivity contribution in [2.45, 2.75) is 0 Å². The summed E-state index contributed by atoms with van der Waals surface area (Å²) in [6.07, 6.45) is 0. The van der Waals surface area contributed by atoms with Crippen molar-refractivity contribution in [3.8, 4) is 0 Å². The number of hydrogen-bond donors (Lipinski definition) is 1. The van der Waals surface area contributed by atoms with E-state index in [1.807, 2.05) is 11.0 Å². The lowest BCUT2D eigenvalue weighted by atomic mass is 10.1. The molecule has 7 nitrogen and oxygen atoms in total. The molecule has 1 aliphatic heterocycles. The Morgan fingerprint density at radius 1 is 1.00 bits per heavy atom. The van der Waals surface area contributed by atoms with Gasteiger partial charge in [-0.2, -0.15) is 0 Å². The van der Waals surface area contributed by atoms with Crippen LogP contribution in [0.3, 0.4) is 0 Å². The fourth-order valence-electron chi connectivity index (χ4n) is 3.43. The normalized spacial score (nSPS) is 14.6. The fraction of sp³-hybridized carbons (Fsp3) is 0.227. The van der Waals surface area contributed by atoms with Gasteiger partial charge < -0.3 is 14.6 Å². The number of nitrogens with zero attached hydrogens (tertiary/aromatic N) is 2. The highest BCUT2D eigenvalue weighted by atomic mass is 35.5. The first kappa shape index (κ1) is 20.1. The third-order valence-corrected chi connectivity index (χ3v) is 5.28. The summed E-state index contributed by atoms with van der Waals surface area (Å²) in [6, 6.07) is 15.6. The molecule has 0 radical (unpaired) electrons. The number of hydrogen-bond acceptors (Lipinski definition) is 5. The van der Waals surface area contributed by atoms with Crippen LogP contribution in [-0.2, 0) is 4.79 Å². The molecule has 2 aromatic carbocycles. The fourth-order valence-corrected chi connectivity index (χ4v) is 3.55. The van der Waals surface area contributed by atoms with Crippen molar-refractivity contribution in [3.63, 3.8) is 0 Å². The minimum Gasteiger partial charge on any atom is -0.422 e. The minimum absolute atomic E-state index is 0.0302. The number of para-hydroxylation sites is 1. The highest BCUT2D eigenvalue weighted by Gasteiger charge is 2.25. The van der Waals surface area contributed by atoms with Gasteiger partial charge in [0, 0.05) is 42.3 Å². The van der Waals surface area contributed by atoms with E-state index in [0.29, 0.717) is 47.9 Å². The number of rotatable bonds is 4. The van der Waals surface area contributed by atoms with E-state index in [1.165, 1.54) is 0 Å². The van der Waals surface area contributed by atoms with E-state index < -0.39 is 5.63 Å². The van der Waals surface area contributed by atoms with Crippen LogP contribution in [0.1, 0.15) is 10.4 Å². The summed E-state index contributed by atoms with van der Waals surface area (Å²) >= 11 is 5.85. The predicted octanol–water partition coefficient (Wildman–Crippen LogP) is 2.84. The Morgan fingerprint density at radius 3 is 2.43 bits per heavy atom. The van der Waals surface area contributed by atoms with Crippen molar-refractivity contribution in [3.05, 3.63) is 75.6 Å². The van der Waals surface area contributed by atoms with Crippen LogP contribution in [0.25, 0.3) is 11.0 Å². The van der Waals surface area contributed by atoms with E-state index in [9.17, 15) is 14.4 Å². The van der Waals surface area contributed by atoms with Crippen molar-refractivity contribution in [2.24, 2.45) is 0 Å². The Morgan fingerprint density at radius 2 is 1.70 bits per heavy atom. The van der Waals surface area contributed by atoms with Gasteiger partial charge in [0.15, 0.2) is 0 Å². The van der Waals surface area contributed by atoms with Crippen LogP contribution >= 0.6 is 11.6 Å². The lowest BCUT2D eigenvalue weighted by molar-refractivity contribution is -0.117. The van der Waals surface area contributed by atoms with E-state index in [0.717, 1.165) is 0 Å². The van der Waals surface area contributed by atoms with Gasteiger partial charge in [0.1, 0.15) is 11.1 Å². The summed E-state index contributed by atoms with van der Waals surface area (Å²) in [5.74, 6) is -0.480. The van der Waals surface area contributed by atoms with Gasteiger partial charge in [-0.05, 0) is 36.4 Å². The van der Waals surface area contributed by atoms with Crippen LogP contribution in [0.5, 0.6) is 0 Å². The molecule has 0 saturated carbocycles. The van der Waals surface area contributed by atoms with E-state index in [-0.39, 0.29) is 23.9 Å². The van der Waals surface area contributed by atoms with Gasteiger partial charge >= 0.3 is 5.63 Å². The van der Waals surface area contributed by atoms with Crippen LogP contribution in [-0.4, -0.2) is 54.3 Å². The van der Waals surface area contributed by atoms with Crippen LogP contribution in [0.15, 0.2) is 63.8 Å². The molecule has 2 heterocycles. The van der Waals surface area contributed by atoms with E-state index in [1.54, 1.807) is 53.4 Å². The quantitative estimate of drug-likeness (QED) is 0.650. The molecule has 4 rings (SSSR count). The number of anilines is 1. The zero-order valence-electron chi connectivity index (χ0n) is 16.1. The van der Waals surface area contributed by atoms with Gasteiger partial charge in [0.2, 0.25) is 5.91 Å². The van der Waals surface area contributed by atoms with Crippen molar-refractivity contribution >= 4 is 40.1 Å². The maximum absolute atomic E-state index is 12.8. The highest BCUT2D eigenvalue weighted by molar-refractivity contribution is 6.30. The monoisotopic (exact) mass is 425 g/mol. The van der Waals surface area contributed by atoms with E-state index in [4.69, 9.17) is 16.0 Å². The summed E-state index contributed by atoms with van der Waals surface area (Å²) in [5, 5.41) is 4.14. The van der Waals surface area contributed by atoms with E-state index in [2.05, 4.69) is 5.32 Å². The number of fused-ring (bicyclic) bond motifs is 1. The second-order valence-corrected chi connectivity index (χ2v) is 7.55. The third-order valence-electron chi connectivity index (χ3n) is 5.03. The lowest BCUT2D eigenvalue weighted by Crippen LogP contribution is -2.51. The van der Waals surface area contributed by atoms with Crippen molar-refractivity contribution in [2.75, 3.05) is 38.0 Å². The van der Waals surface area contributed by atoms with Gasteiger partial charge in [-0.15, -0.1) is 0 Å². The van der Waals surface area contributed by atoms with Crippen molar-refractivity contribution < 1.29 is 14.0 Å². The molecule has 30 heavy (non-hydrogen) atoms. The highest BCUT2D eigenvalue weighted by Crippen LogP contribution is 2.15. The number of benzene rings is 2. The predicted molar refractivity (Wildman–Crippen MR) is 115 cm³/mol. The smallest absolute Gasteiger partial charge is 0.349 e. The first-order valence-electron chi connectivity index (χ1n) is 9.59. The molecule has 0 atom stereocenters. The summed E-state index contributed by atoms with van der Waals surface area (Å²) < 4.78 is 5.27. The Labute approximate surface area is 177 Å². The SMILES string of the molecule is O=C(CN1CCN(C(=O)c2cc3ccccc3oc2=O)CC1)Nc1ccc(Cl)cc1. The van der Waals surface area contributed by atoms with Gasteiger partial charge in [-0.25, -0.2) is 4.79 Å². The minimum atomic E-state index is -0.636. The third kappa shape index (κ3) is 4.53. The van der Waals surface area contributed by atoms with Gasteiger partial charge in [-0.3, -0.25) is 14.5 Å². The zero-order valence-corrected chi connectivity index (χ0v) is 16.9. The number of carbonyl (C=O) groups is 2. The first-order chi connectivity index (χ1) is 14.5. The van der Waals surface area contributed by atoms with Crippen molar-refractivity contribution in [1.82, 2.24) is 9.80 Å². The summed E-state index contributed by atoms with van der Waals surface area (Å²) in [4.78, 5) is 40.9. The zero-order chi connectivity index (χ0) is 21.1. The first-order valence-corrected chi connectivity index (χ1v) is 9.97. The lowest BCUT2D eigenvalue weighted by Gasteiger charge is -2.34. The second-order valence-electron chi connectivity index (χ2n) is 7.11. The molecule has 1 aliphatic rings. The molecule has 1 N–H and O–H groups in total. The molecular weight excluding hydrogens is 406 g/mol. The standard InChI is InChI=1S/C22H20ClN3O4/c23-16-5-7-17(8-6-16)24-20(27)14-25-9-11-26(12-10-25)21(28)18-13-15-3-1-2-4-19(15)30-22(18)29/h1-8,13H,9-12,14H2,(H,24,27). The number of nitrogens with one attached hydrogen (secondary N) is 1.